The Bertz CT molecular complexity index is 367. The molecule has 2 amide bonds. The predicted molar refractivity (Wildman–Crippen MR) is 76.1 cm³/mol. The van der Waals surface area contributed by atoms with E-state index < -0.39 is 0 Å². The highest BCUT2D eigenvalue weighted by molar-refractivity contribution is 5.84. The Balaban J connectivity index is 1.38. The largest absolute Gasteiger partial charge is 0.347 e. The fraction of sp³-hybridized carbons (Fsp3) is 0.867. The quantitative estimate of drug-likeness (QED) is 0.794. The first kappa shape index (κ1) is 13.9. The van der Waals surface area contributed by atoms with E-state index in [1.807, 2.05) is 4.90 Å². The molecule has 2 N–H and O–H groups in total. The third-order valence-corrected chi connectivity index (χ3v) is 4.94. The lowest BCUT2D eigenvalue weighted by molar-refractivity contribution is -0.132. The lowest BCUT2D eigenvalue weighted by Crippen LogP contribution is -2.41. The van der Waals surface area contributed by atoms with Crippen LogP contribution < -0.4 is 10.6 Å². The molecule has 0 radical (unpaired) electrons. The molecule has 3 aliphatic heterocycles. The molecule has 0 aliphatic carbocycles. The third kappa shape index (κ3) is 3.32. The summed E-state index contributed by atoms with van der Waals surface area (Å²) >= 11 is 0. The normalized spacial score (nSPS) is 32.4. The highest BCUT2D eigenvalue weighted by Gasteiger charge is 2.34. The monoisotopic (exact) mass is 279 g/mol. The van der Waals surface area contributed by atoms with Crippen LogP contribution in [0, 0.1) is 5.92 Å². The van der Waals surface area contributed by atoms with Crippen molar-refractivity contribution in [3.05, 3.63) is 0 Å². The van der Waals surface area contributed by atoms with Crippen LogP contribution in [0.3, 0.4) is 0 Å². The average Bonchev–Trinajstić information content (AvgIpc) is 3.06. The lowest BCUT2D eigenvalue weighted by Gasteiger charge is -2.28. The molecule has 3 rings (SSSR count). The summed E-state index contributed by atoms with van der Waals surface area (Å²) in [6.07, 6.45) is 7.53. The predicted octanol–water partition coefficient (Wildman–Crippen LogP) is 0.646. The lowest BCUT2D eigenvalue weighted by atomic mass is 9.89. The summed E-state index contributed by atoms with van der Waals surface area (Å²) in [6.45, 7) is 1.88. The van der Waals surface area contributed by atoms with Crippen molar-refractivity contribution in [1.82, 2.24) is 15.5 Å². The molecule has 5 nitrogen and oxygen atoms in total. The van der Waals surface area contributed by atoms with Crippen molar-refractivity contribution in [3.8, 4) is 0 Å². The van der Waals surface area contributed by atoms with Gasteiger partial charge < -0.3 is 15.5 Å². The van der Waals surface area contributed by atoms with Crippen molar-refractivity contribution in [1.29, 1.82) is 0 Å². The minimum Gasteiger partial charge on any atom is -0.347 e. The van der Waals surface area contributed by atoms with Crippen LogP contribution in [0.15, 0.2) is 0 Å². The summed E-state index contributed by atoms with van der Waals surface area (Å²) in [5.41, 5.74) is 0. The molecule has 112 valence electrons. The van der Waals surface area contributed by atoms with Crippen LogP contribution in [0.2, 0.25) is 0 Å². The van der Waals surface area contributed by atoms with Crippen molar-refractivity contribution in [2.45, 2.75) is 57.0 Å². The number of amides is 2. The first-order valence-corrected chi connectivity index (χ1v) is 8.01. The molecular weight excluding hydrogens is 254 g/mol. The van der Waals surface area contributed by atoms with Crippen LogP contribution in [0.1, 0.15) is 44.9 Å². The zero-order chi connectivity index (χ0) is 13.9. The summed E-state index contributed by atoms with van der Waals surface area (Å²) in [4.78, 5) is 25.7. The molecule has 2 bridgehead atoms. The number of nitrogens with zero attached hydrogens (tertiary/aromatic N) is 1. The number of carbonyl (C=O) groups is 2. The number of likely N-dealkylation sites (tertiary alicyclic amines) is 1. The van der Waals surface area contributed by atoms with E-state index in [0.29, 0.717) is 24.4 Å². The second kappa shape index (κ2) is 6.12. The maximum atomic E-state index is 12.0. The van der Waals surface area contributed by atoms with Crippen LogP contribution >= 0.6 is 0 Å². The van der Waals surface area contributed by atoms with Crippen molar-refractivity contribution in [2.24, 2.45) is 5.92 Å². The number of hydrogen-bond donors (Lipinski definition) is 2. The Labute approximate surface area is 120 Å². The van der Waals surface area contributed by atoms with E-state index in [-0.39, 0.29) is 18.4 Å². The number of carbonyl (C=O) groups excluding carboxylic acids is 2. The summed E-state index contributed by atoms with van der Waals surface area (Å²) in [7, 11) is 0. The van der Waals surface area contributed by atoms with E-state index in [0.717, 1.165) is 38.8 Å². The van der Waals surface area contributed by atoms with Crippen LogP contribution in [-0.2, 0) is 9.59 Å². The van der Waals surface area contributed by atoms with E-state index in [2.05, 4.69) is 10.6 Å². The number of hydrogen-bond acceptors (Lipinski definition) is 3. The average molecular weight is 279 g/mol. The van der Waals surface area contributed by atoms with Crippen molar-refractivity contribution < 1.29 is 9.59 Å². The standard InChI is InChI=1S/C15H25N3O2/c19-14(16-10-15(20)18-5-1-2-6-18)9-11-7-12-3-4-13(8-11)17-12/h11-13,17H,1-10H2,(H,16,19). The van der Waals surface area contributed by atoms with E-state index in [4.69, 9.17) is 0 Å². The molecule has 0 aromatic rings. The number of nitrogens with one attached hydrogen (secondary N) is 2. The molecule has 3 fully saturated rings. The van der Waals surface area contributed by atoms with Crippen LogP contribution in [-0.4, -0.2) is 48.4 Å². The first-order valence-electron chi connectivity index (χ1n) is 8.01. The molecule has 3 heterocycles. The van der Waals surface area contributed by atoms with Gasteiger partial charge in [-0.05, 0) is 44.4 Å². The maximum Gasteiger partial charge on any atom is 0.241 e. The van der Waals surface area contributed by atoms with Gasteiger partial charge in [0.1, 0.15) is 0 Å². The smallest absolute Gasteiger partial charge is 0.241 e. The van der Waals surface area contributed by atoms with Gasteiger partial charge in [-0.3, -0.25) is 9.59 Å². The molecule has 5 heteroatoms. The van der Waals surface area contributed by atoms with E-state index in [1.165, 1.54) is 12.8 Å². The molecule has 2 atom stereocenters. The minimum atomic E-state index is 0.0452. The summed E-state index contributed by atoms with van der Waals surface area (Å²) < 4.78 is 0. The zero-order valence-electron chi connectivity index (χ0n) is 12.1. The van der Waals surface area contributed by atoms with Gasteiger partial charge in [0.2, 0.25) is 11.8 Å². The number of fused-ring (bicyclic) bond motifs is 2. The Morgan fingerprint density at radius 1 is 1.10 bits per heavy atom. The third-order valence-electron chi connectivity index (χ3n) is 4.94. The van der Waals surface area contributed by atoms with Crippen LogP contribution in [0.5, 0.6) is 0 Å². The topological polar surface area (TPSA) is 61.4 Å². The highest BCUT2D eigenvalue weighted by atomic mass is 16.2. The highest BCUT2D eigenvalue weighted by Crippen LogP contribution is 2.32. The first-order chi connectivity index (χ1) is 9.70. The van der Waals surface area contributed by atoms with E-state index in [1.54, 1.807) is 0 Å². The van der Waals surface area contributed by atoms with Gasteiger partial charge >= 0.3 is 0 Å². The second-order valence-electron chi connectivity index (χ2n) is 6.54. The Kier molecular flexibility index (Phi) is 4.24. The molecule has 3 saturated heterocycles. The molecule has 0 saturated carbocycles. The number of piperidine rings is 1. The Morgan fingerprint density at radius 2 is 1.75 bits per heavy atom. The van der Waals surface area contributed by atoms with Crippen molar-refractivity contribution in [2.75, 3.05) is 19.6 Å². The molecule has 0 aromatic heterocycles. The van der Waals surface area contributed by atoms with Crippen LogP contribution in [0.4, 0.5) is 0 Å². The van der Waals surface area contributed by atoms with E-state index >= 15 is 0 Å². The SMILES string of the molecule is O=C(CC1CC2CCC(C1)N2)NCC(=O)N1CCCC1. The minimum absolute atomic E-state index is 0.0452. The second-order valence-corrected chi connectivity index (χ2v) is 6.54. The van der Waals surface area contributed by atoms with Crippen LogP contribution in [0.25, 0.3) is 0 Å². The van der Waals surface area contributed by atoms with Gasteiger partial charge in [0.15, 0.2) is 0 Å². The zero-order valence-corrected chi connectivity index (χ0v) is 12.1. The van der Waals surface area contributed by atoms with Gasteiger partial charge in [0.05, 0.1) is 6.54 Å². The molecule has 0 aromatic carbocycles. The fourth-order valence-corrected chi connectivity index (χ4v) is 3.93. The number of rotatable bonds is 4. The molecular formula is C15H25N3O2. The van der Waals surface area contributed by atoms with Crippen molar-refractivity contribution >= 4 is 11.8 Å². The molecule has 20 heavy (non-hydrogen) atoms. The van der Waals surface area contributed by atoms with Gasteiger partial charge in [-0.15, -0.1) is 0 Å². The summed E-state index contributed by atoms with van der Waals surface area (Å²) in [5, 5.41) is 6.39. The Morgan fingerprint density at radius 3 is 2.40 bits per heavy atom. The van der Waals surface area contributed by atoms with Gasteiger partial charge in [0, 0.05) is 31.6 Å². The summed E-state index contributed by atoms with van der Waals surface area (Å²) in [5.74, 6) is 0.612. The maximum absolute atomic E-state index is 12.0. The fourth-order valence-electron chi connectivity index (χ4n) is 3.93. The van der Waals surface area contributed by atoms with Gasteiger partial charge in [-0.1, -0.05) is 0 Å². The molecule has 3 aliphatic rings. The van der Waals surface area contributed by atoms with Crippen molar-refractivity contribution in [3.63, 3.8) is 0 Å². The van der Waals surface area contributed by atoms with E-state index in [9.17, 15) is 9.59 Å². The van der Waals surface area contributed by atoms with Gasteiger partial charge in [0.25, 0.3) is 0 Å². The Hall–Kier alpha value is -1.10. The molecule has 2 unspecified atom stereocenters. The van der Waals surface area contributed by atoms with Gasteiger partial charge in [-0.25, -0.2) is 0 Å². The van der Waals surface area contributed by atoms with Gasteiger partial charge in [-0.2, -0.15) is 0 Å². The summed E-state index contributed by atoms with van der Waals surface area (Å²) in [6, 6.07) is 1.25. The molecule has 0 spiro atoms.